The van der Waals surface area contributed by atoms with Gasteiger partial charge in [0, 0.05) is 12.1 Å². The van der Waals surface area contributed by atoms with Crippen LogP contribution in [0, 0.1) is 47.3 Å². The first-order valence-electron chi connectivity index (χ1n) is 12.4. The number of carbonyl (C=O) groups excluding carboxylic acids is 1. The summed E-state index contributed by atoms with van der Waals surface area (Å²) in [5, 5.41) is 15.0. The molecule has 5 rings (SSSR count). The first-order chi connectivity index (χ1) is 14.1. The van der Waals surface area contributed by atoms with Crippen molar-refractivity contribution in [2.75, 3.05) is 0 Å². The zero-order valence-corrected chi connectivity index (χ0v) is 19.4. The molecule has 8 atom stereocenters. The summed E-state index contributed by atoms with van der Waals surface area (Å²) in [7, 11) is 0. The molecule has 4 aliphatic rings. The largest absolute Gasteiger partial charge is 0.390 e. The van der Waals surface area contributed by atoms with Crippen LogP contribution in [0.5, 0.6) is 0 Å². The zero-order chi connectivity index (χ0) is 21.3. The highest BCUT2D eigenvalue weighted by molar-refractivity contribution is 5.82. The molecule has 0 amide bonds. The maximum absolute atomic E-state index is 13.3. The number of Topliss-reactive ketones (excluding diaryl/α,β-unsaturated/α-hetero) is 1. The smallest absolute Gasteiger partial charge is 0.157 e. The van der Waals surface area contributed by atoms with Gasteiger partial charge in [0.2, 0.25) is 0 Å². The van der Waals surface area contributed by atoms with Gasteiger partial charge >= 0.3 is 0 Å². The van der Waals surface area contributed by atoms with E-state index >= 15 is 0 Å². The summed E-state index contributed by atoms with van der Waals surface area (Å²) in [5.74, 6) is 3.53. The van der Waals surface area contributed by atoms with Crippen LogP contribution in [0.3, 0.4) is 0 Å². The standard InChI is InChI=1S/C26H40N2O2/c1-17-14-27-28(15-17)16-23(29)22-8-7-20-19-6-5-18-13-24(2,30)11-12-25(18,3)21(19)9-10-26(20,22)4/h14-15,18-22,30H,5-13,16H2,1-4H3/t18-,19-,20-,21-,22+,24+,25-,26-/m0/s1. The number of rotatable bonds is 3. The SMILES string of the molecule is Cc1cnn(CC(=O)[C@H]2CC[C@H]3[C@@H]4CC[C@H]5C[C@](C)(O)CC[C@]5(C)[C@H]4CC[C@]23C)c1. The summed E-state index contributed by atoms with van der Waals surface area (Å²) in [6.07, 6.45) is 14.3. The van der Waals surface area contributed by atoms with Gasteiger partial charge in [0.15, 0.2) is 5.78 Å². The van der Waals surface area contributed by atoms with Gasteiger partial charge in [-0.3, -0.25) is 9.48 Å². The minimum absolute atomic E-state index is 0.170. The summed E-state index contributed by atoms with van der Waals surface area (Å²) in [6.45, 7) is 9.50. The van der Waals surface area contributed by atoms with Gasteiger partial charge in [-0.1, -0.05) is 13.8 Å². The number of aromatic nitrogens is 2. The molecule has 0 saturated heterocycles. The molecule has 166 valence electrons. The van der Waals surface area contributed by atoms with Gasteiger partial charge in [-0.2, -0.15) is 5.10 Å². The summed E-state index contributed by atoms with van der Waals surface area (Å²) < 4.78 is 1.83. The van der Waals surface area contributed by atoms with E-state index in [0.29, 0.717) is 29.6 Å². The van der Waals surface area contributed by atoms with Gasteiger partial charge in [-0.05, 0) is 112 Å². The predicted molar refractivity (Wildman–Crippen MR) is 118 cm³/mol. The second-order valence-electron chi connectivity index (χ2n) is 12.2. The van der Waals surface area contributed by atoms with Gasteiger partial charge in [0.25, 0.3) is 0 Å². The van der Waals surface area contributed by atoms with Gasteiger partial charge in [0.1, 0.15) is 0 Å². The van der Waals surface area contributed by atoms with Crippen molar-refractivity contribution in [2.24, 2.45) is 40.4 Å². The Bertz CT molecular complexity index is 829. The Labute approximate surface area is 181 Å². The van der Waals surface area contributed by atoms with E-state index in [2.05, 4.69) is 18.9 Å². The monoisotopic (exact) mass is 412 g/mol. The number of aliphatic hydroxyl groups is 1. The van der Waals surface area contributed by atoms with E-state index in [1.165, 1.54) is 38.5 Å². The van der Waals surface area contributed by atoms with Crippen LogP contribution in [0.2, 0.25) is 0 Å². The third-order valence-corrected chi connectivity index (χ3v) is 10.4. The molecule has 4 nitrogen and oxygen atoms in total. The van der Waals surface area contributed by atoms with Crippen LogP contribution >= 0.6 is 0 Å². The van der Waals surface area contributed by atoms with Crippen LogP contribution in [0.15, 0.2) is 12.4 Å². The quantitative estimate of drug-likeness (QED) is 0.745. The third kappa shape index (κ3) is 3.12. The molecular weight excluding hydrogens is 372 g/mol. The minimum Gasteiger partial charge on any atom is -0.390 e. The molecule has 1 heterocycles. The molecule has 0 spiro atoms. The van der Waals surface area contributed by atoms with Crippen molar-refractivity contribution in [3.05, 3.63) is 18.0 Å². The van der Waals surface area contributed by atoms with E-state index in [0.717, 1.165) is 36.7 Å². The number of hydrogen-bond donors (Lipinski definition) is 1. The third-order valence-electron chi connectivity index (χ3n) is 10.4. The van der Waals surface area contributed by atoms with Gasteiger partial charge in [-0.15, -0.1) is 0 Å². The number of hydrogen-bond acceptors (Lipinski definition) is 3. The molecule has 4 saturated carbocycles. The molecule has 30 heavy (non-hydrogen) atoms. The van der Waals surface area contributed by atoms with Gasteiger partial charge in [-0.25, -0.2) is 0 Å². The fraction of sp³-hybridized carbons (Fsp3) is 0.846. The molecule has 4 aliphatic carbocycles. The van der Waals surface area contributed by atoms with Crippen molar-refractivity contribution in [3.63, 3.8) is 0 Å². The molecule has 0 aliphatic heterocycles. The van der Waals surface area contributed by atoms with E-state index in [1.807, 2.05) is 30.9 Å². The Balaban J connectivity index is 1.34. The topological polar surface area (TPSA) is 55.1 Å². The highest BCUT2D eigenvalue weighted by atomic mass is 16.3. The van der Waals surface area contributed by atoms with Gasteiger partial charge in [0.05, 0.1) is 18.3 Å². The second kappa shape index (κ2) is 6.92. The van der Waals surface area contributed by atoms with Gasteiger partial charge < -0.3 is 5.11 Å². The van der Waals surface area contributed by atoms with Crippen LogP contribution in [-0.2, 0) is 11.3 Å². The van der Waals surface area contributed by atoms with Crippen molar-refractivity contribution < 1.29 is 9.90 Å². The average molecular weight is 413 g/mol. The number of fused-ring (bicyclic) bond motifs is 5. The van der Waals surface area contributed by atoms with Crippen LogP contribution in [-0.4, -0.2) is 26.3 Å². The van der Waals surface area contributed by atoms with E-state index in [-0.39, 0.29) is 11.3 Å². The lowest BCUT2D eigenvalue weighted by Crippen LogP contribution is -2.55. The highest BCUT2D eigenvalue weighted by Crippen LogP contribution is 2.68. The average Bonchev–Trinajstić information content (AvgIpc) is 3.24. The Kier molecular flexibility index (Phi) is 4.78. The molecule has 1 aromatic heterocycles. The normalized spacial score (nSPS) is 48.0. The molecule has 0 bridgehead atoms. The summed E-state index contributed by atoms with van der Waals surface area (Å²) in [5.41, 5.74) is 1.22. The van der Waals surface area contributed by atoms with Crippen molar-refractivity contribution in [1.82, 2.24) is 9.78 Å². The van der Waals surface area contributed by atoms with Crippen molar-refractivity contribution in [3.8, 4) is 0 Å². The molecule has 1 N–H and O–H groups in total. The Morgan fingerprint density at radius 1 is 1.07 bits per heavy atom. The lowest BCUT2D eigenvalue weighted by atomic mass is 9.44. The fourth-order valence-electron chi connectivity index (χ4n) is 8.78. The second-order valence-corrected chi connectivity index (χ2v) is 12.2. The highest BCUT2D eigenvalue weighted by Gasteiger charge is 2.61. The Morgan fingerprint density at radius 3 is 2.57 bits per heavy atom. The van der Waals surface area contributed by atoms with E-state index in [1.54, 1.807) is 0 Å². The molecule has 4 fully saturated rings. The number of ketones is 1. The molecule has 0 unspecified atom stereocenters. The van der Waals surface area contributed by atoms with E-state index in [4.69, 9.17) is 0 Å². The number of aryl methyl sites for hydroxylation is 1. The summed E-state index contributed by atoms with van der Waals surface area (Å²) in [4.78, 5) is 13.3. The molecule has 0 radical (unpaired) electrons. The van der Waals surface area contributed by atoms with Crippen molar-refractivity contribution in [1.29, 1.82) is 0 Å². The molecular formula is C26H40N2O2. The summed E-state index contributed by atoms with van der Waals surface area (Å²) >= 11 is 0. The predicted octanol–water partition coefficient (Wildman–Crippen LogP) is 5.17. The van der Waals surface area contributed by atoms with Crippen molar-refractivity contribution in [2.45, 2.75) is 97.6 Å². The lowest BCUT2D eigenvalue weighted by molar-refractivity contribution is -0.151. The maximum Gasteiger partial charge on any atom is 0.157 e. The fourth-order valence-corrected chi connectivity index (χ4v) is 8.78. The van der Waals surface area contributed by atoms with Crippen molar-refractivity contribution >= 4 is 5.78 Å². The minimum atomic E-state index is -0.462. The van der Waals surface area contributed by atoms with Crippen LogP contribution in [0.25, 0.3) is 0 Å². The lowest BCUT2D eigenvalue weighted by Gasteiger charge is -2.61. The Hall–Kier alpha value is -1.16. The molecule has 4 heteroatoms. The maximum atomic E-state index is 13.3. The Morgan fingerprint density at radius 2 is 1.83 bits per heavy atom. The van der Waals surface area contributed by atoms with Crippen LogP contribution in [0.1, 0.15) is 84.1 Å². The number of carbonyl (C=O) groups is 1. The van der Waals surface area contributed by atoms with Crippen LogP contribution < -0.4 is 0 Å². The first kappa shape index (κ1) is 20.7. The van der Waals surface area contributed by atoms with E-state index in [9.17, 15) is 9.90 Å². The first-order valence-corrected chi connectivity index (χ1v) is 12.4. The molecule has 1 aromatic rings. The number of nitrogens with zero attached hydrogens (tertiary/aromatic N) is 2. The molecule has 0 aromatic carbocycles. The summed E-state index contributed by atoms with van der Waals surface area (Å²) in [6, 6.07) is 0. The zero-order valence-electron chi connectivity index (χ0n) is 19.4. The van der Waals surface area contributed by atoms with E-state index < -0.39 is 5.60 Å². The van der Waals surface area contributed by atoms with Crippen LogP contribution in [0.4, 0.5) is 0 Å².